The molecule has 0 aromatic heterocycles. The minimum absolute atomic E-state index is 0.304. The van der Waals surface area contributed by atoms with Crippen molar-refractivity contribution < 1.29 is 4.79 Å². The molecule has 0 aliphatic rings. The van der Waals surface area contributed by atoms with Crippen LogP contribution in [0.25, 0.3) is 0 Å². The molecule has 0 heterocycles. The van der Waals surface area contributed by atoms with Gasteiger partial charge in [0.25, 0.3) is 0 Å². The molecule has 1 rings (SSSR count). The highest BCUT2D eigenvalue weighted by Crippen LogP contribution is 2.16. The van der Waals surface area contributed by atoms with Crippen molar-refractivity contribution in [2.75, 3.05) is 16.5 Å². The monoisotopic (exact) mass is 295 g/mol. The minimum atomic E-state index is 0.304. The van der Waals surface area contributed by atoms with Crippen molar-refractivity contribution in [2.45, 2.75) is 34.1 Å². The molecule has 0 fully saturated rings. The molecule has 0 spiro atoms. The van der Waals surface area contributed by atoms with Crippen LogP contribution in [0.1, 0.15) is 34.1 Å². The number of hydrogen-bond acceptors (Lipinski definition) is 4. The van der Waals surface area contributed by atoms with Gasteiger partial charge in [0, 0.05) is 11.4 Å². The number of hydrogen-bond donors (Lipinski definition) is 2. The standard InChI is InChI=1S/C13H19N3OS.C2H6/c1-10(7-8-18)11(2)15-16(9-17)13-5-3-12(14)4-6-13;1-2/h3-6,9-10,18H,7-8,14H2,1-2H3;1-2H3/b15-11-;. The molecule has 20 heavy (non-hydrogen) atoms. The van der Waals surface area contributed by atoms with Crippen LogP contribution in [0.2, 0.25) is 0 Å². The Labute approximate surface area is 127 Å². The van der Waals surface area contributed by atoms with Crippen LogP contribution in [-0.4, -0.2) is 17.9 Å². The van der Waals surface area contributed by atoms with Crippen LogP contribution in [0.4, 0.5) is 11.4 Å². The van der Waals surface area contributed by atoms with E-state index in [0.29, 0.717) is 23.7 Å². The van der Waals surface area contributed by atoms with Gasteiger partial charge in [-0.1, -0.05) is 20.8 Å². The molecule has 0 bridgehead atoms. The molecule has 1 aromatic carbocycles. The lowest BCUT2D eigenvalue weighted by molar-refractivity contribution is -0.107. The summed E-state index contributed by atoms with van der Waals surface area (Å²) in [4.78, 5) is 11.1. The number of nitrogens with two attached hydrogens (primary N) is 1. The molecular formula is C15H25N3OS. The first-order valence-electron chi connectivity index (χ1n) is 6.84. The maximum atomic E-state index is 11.1. The van der Waals surface area contributed by atoms with Crippen molar-refractivity contribution >= 4 is 36.1 Å². The lowest BCUT2D eigenvalue weighted by Crippen LogP contribution is -2.19. The Morgan fingerprint density at radius 2 is 1.95 bits per heavy atom. The van der Waals surface area contributed by atoms with Crippen molar-refractivity contribution in [3.8, 4) is 0 Å². The SMILES string of the molecule is C/C(=N/N(C=O)c1ccc(N)cc1)C(C)CCS.CC. The number of rotatable bonds is 6. The first kappa shape index (κ1) is 18.5. The highest BCUT2D eigenvalue weighted by atomic mass is 32.1. The van der Waals surface area contributed by atoms with Gasteiger partial charge in [0.2, 0.25) is 6.41 Å². The van der Waals surface area contributed by atoms with Gasteiger partial charge in [-0.05, 0) is 49.3 Å². The third-order valence-electron chi connectivity index (χ3n) is 2.80. The van der Waals surface area contributed by atoms with E-state index in [9.17, 15) is 4.79 Å². The Morgan fingerprint density at radius 3 is 2.40 bits per heavy atom. The quantitative estimate of drug-likeness (QED) is 0.277. The van der Waals surface area contributed by atoms with Gasteiger partial charge in [0.05, 0.1) is 5.69 Å². The molecule has 1 atom stereocenters. The van der Waals surface area contributed by atoms with Crippen molar-refractivity contribution in [3.63, 3.8) is 0 Å². The largest absolute Gasteiger partial charge is 0.399 e. The Morgan fingerprint density at radius 1 is 1.40 bits per heavy atom. The lowest BCUT2D eigenvalue weighted by Gasteiger charge is -2.16. The molecule has 1 amide bonds. The second-order valence-electron chi connectivity index (χ2n) is 4.20. The predicted molar refractivity (Wildman–Crippen MR) is 91.5 cm³/mol. The molecule has 1 unspecified atom stereocenters. The average molecular weight is 295 g/mol. The number of benzene rings is 1. The summed E-state index contributed by atoms with van der Waals surface area (Å²) in [5.41, 5.74) is 7.88. The van der Waals surface area contributed by atoms with Crippen molar-refractivity contribution in [3.05, 3.63) is 24.3 Å². The third-order valence-corrected chi connectivity index (χ3v) is 3.06. The number of nitrogens with zero attached hydrogens (tertiary/aromatic N) is 2. The molecular weight excluding hydrogens is 270 g/mol. The fourth-order valence-electron chi connectivity index (χ4n) is 1.44. The van der Waals surface area contributed by atoms with E-state index in [0.717, 1.165) is 17.9 Å². The molecule has 5 heteroatoms. The Balaban J connectivity index is 0.00000172. The number of carbonyl (C=O) groups is 1. The molecule has 0 aliphatic heterocycles. The predicted octanol–water partition coefficient (Wildman–Crippen LogP) is 3.59. The van der Waals surface area contributed by atoms with E-state index in [1.165, 1.54) is 5.01 Å². The van der Waals surface area contributed by atoms with Gasteiger partial charge in [-0.15, -0.1) is 0 Å². The van der Waals surface area contributed by atoms with Crippen LogP contribution < -0.4 is 10.7 Å². The summed E-state index contributed by atoms with van der Waals surface area (Å²) in [6.45, 7) is 7.99. The Kier molecular flexibility index (Phi) is 9.55. The highest BCUT2D eigenvalue weighted by Gasteiger charge is 2.08. The normalized spacial score (nSPS) is 12.2. The fraction of sp³-hybridized carbons (Fsp3) is 0.467. The van der Waals surface area contributed by atoms with Crippen LogP contribution in [-0.2, 0) is 4.79 Å². The maximum absolute atomic E-state index is 11.1. The van der Waals surface area contributed by atoms with E-state index in [2.05, 4.69) is 24.7 Å². The first-order valence-corrected chi connectivity index (χ1v) is 7.47. The second-order valence-corrected chi connectivity index (χ2v) is 4.64. The Hall–Kier alpha value is -1.49. The van der Waals surface area contributed by atoms with E-state index in [1.54, 1.807) is 24.3 Å². The Bertz CT molecular complexity index is 418. The average Bonchev–Trinajstić information content (AvgIpc) is 2.48. The van der Waals surface area contributed by atoms with E-state index in [4.69, 9.17) is 5.73 Å². The summed E-state index contributed by atoms with van der Waals surface area (Å²) < 4.78 is 0. The van der Waals surface area contributed by atoms with Crippen LogP contribution in [0, 0.1) is 5.92 Å². The van der Waals surface area contributed by atoms with Crippen molar-refractivity contribution in [2.24, 2.45) is 11.0 Å². The van der Waals surface area contributed by atoms with Gasteiger partial charge in [-0.25, -0.2) is 5.01 Å². The van der Waals surface area contributed by atoms with Crippen LogP contribution in [0.3, 0.4) is 0 Å². The molecule has 2 N–H and O–H groups in total. The fourth-order valence-corrected chi connectivity index (χ4v) is 1.83. The van der Waals surface area contributed by atoms with Crippen molar-refractivity contribution in [1.29, 1.82) is 0 Å². The molecule has 0 saturated carbocycles. The topological polar surface area (TPSA) is 58.7 Å². The second kappa shape index (κ2) is 10.3. The summed E-state index contributed by atoms with van der Waals surface area (Å²) >= 11 is 4.20. The number of nitrogen functional groups attached to an aromatic ring is 1. The summed E-state index contributed by atoms with van der Waals surface area (Å²) in [7, 11) is 0. The van der Waals surface area contributed by atoms with Crippen LogP contribution >= 0.6 is 12.6 Å². The van der Waals surface area contributed by atoms with Crippen LogP contribution in [0.5, 0.6) is 0 Å². The van der Waals surface area contributed by atoms with Gasteiger partial charge in [-0.2, -0.15) is 17.7 Å². The third kappa shape index (κ3) is 6.10. The number of hydrazone groups is 1. The zero-order valence-electron chi connectivity index (χ0n) is 12.7. The number of anilines is 2. The number of amides is 1. The highest BCUT2D eigenvalue weighted by molar-refractivity contribution is 7.80. The summed E-state index contributed by atoms with van der Waals surface area (Å²) in [6.07, 6.45) is 1.63. The van der Waals surface area contributed by atoms with Gasteiger partial charge < -0.3 is 5.73 Å². The molecule has 0 radical (unpaired) electrons. The number of carbonyl (C=O) groups excluding carboxylic acids is 1. The summed E-state index contributed by atoms with van der Waals surface area (Å²) in [6, 6.07) is 7.02. The zero-order chi connectivity index (χ0) is 15.5. The zero-order valence-corrected chi connectivity index (χ0v) is 13.6. The molecule has 0 saturated heterocycles. The van der Waals surface area contributed by atoms with E-state index in [-0.39, 0.29) is 0 Å². The van der Waals surface area contributed by atoms with Gasteiger partial charge in [0.15, 0.2) is 0 Å². The van der Waals surface area contributed by atoms with Crippen molar-refractivity contribution in [1.82, 2.24) is 0 Å². The minimum Gasteiger partial charge on any atom is -0.399 e. The summed E-state index contributed by atoms with van der Waals surface area (Å²) in [5.74, 6) is 1.11. The van der Waals surface area contributed by atoms with E-state index in [1.807, 2.05) is 20.8 Å². The van der Waals surface area contributed by atoms with E-state index < -0.39 is 0 Å². The summed E-state index contributed by atoms with van der Waals surface area (Å²) in [5, 5.41) is 5.64. The molecule has 4 nitrogen and oxygen atoms in total. The lowest BCUT2D eigenvalue weighted by atomic mass is 10.0. The van der Waals surface area contributed by atoms with E-state index >= 15 is 0 Å². The van der Waals surface area contributed by atoms with Gasteiger partial charge in [-0.3, -0.25) is 4.79 Å². The molecule has 1 aromatic rings. The van der Waals surface area contributed by atoms with Gasteiger partial charge >= 0.3 is 0 Å². The smallest absolute Gasteiger partial charge is 0.234 e. The number of thiol groups is 1. The molecule has 0 aliphatic carbocycles. The van der Waals surface area contributed by atoms with Gasteiger partial charge in [0.1, 0.15) is 0 Å². The maximum Gasteiger partial charge on any atom is 0.234 e. The molecule has 112 valence electrons. The van der Waals surface area contributed by atoms with Crippen LogP contribution in [0.15, 0.2) is 29.4 Å². The first-order chi connectivity index (χ1) is 9.58.